The number of pyridine rings is 1. The van der Waals surface area contributed by atoms with Gasteiger partial charge in [-0.3, -0.25) is 19.3 Å². The SMILES string of the molecule is CCN1C(=O)c2c(O)c(=O)c(-c3nnc(Cc4ccc(F)cc4F)s3)cn2N(C)C1c1ccc(C)c(OC)c1. The number of aromatic nitrogens is 3. The molecule has 0 saturated carbocycles. The van der Waals surface area contributed by atoms with E-state index in [0.717, 1.165) is 34.6 Å². The summed E-state index contributed by atoms with van der Waals surface area (Å²) in [6.45, 7) is 4.05. The minimum atomic E-state index is -0.773. The molecule has 0 saturated heterocycles. The van der Waals surface area contributed by atoms with Crippen LogP contribution in [-0.4, -0.2) is 51.5 Å². The average Bonchev–Trinajstić information content (AvgIpc) is 3.37. The van der Waals surface area contributed by atoms with Gasteiger partial charge in [0.05, 0.1) is 12.7 Å². The normalized spacial score (nSPS) is 15.0. The lowest BCUT2D eigenvalue weighted by Crippen LogP contribution is -2.54. The molecule has 12 heteroatoms. The minimum Gasteiger partial charge on any atom is -0.502 e. The molecule has 5 rings (SSSR count). The second kappa shape index (κ2) is 10.1. The highest BCUT2D eigenvalue weighted by molar-refractivity contribution is 7.14. The molecule has 2 aromatic heterocycles. The molecule has 1 N–H and O–H groups in total. The first-order valence-electron chi connectivity index (χ1n) is 12.1. The van der Waals surface area contributed by atoms with Gasteiger partial charge in [-0.05, 0) is 42.7 Å². The van der Waals surface area contributed by atoms with Crippen molar-refractivity contribution < 1.29 is 23.4 Å². The standard InChI is InChI=1S/C27H25F2N5O4S/c1-5-33-26(16-7-6-14(2)20(10-16)38-4)32(3)34-13-18(23(35)24(36)22(34)27(33)37)25-31-30-21(39-25)11-15-8-9-17(28)12-19(15)29/h6-10,12-13,26,36H,5,11H2,1-4H3. The van der Waals surface area contributed by atoms with Gasteiger partial charge in [-0.15, -0.1) is 10.2 Å². The lowest BCUT2D eigenvalue weighted by molar-refractivity contribution is 0.0589. The van der Waals surface area contributed by atoms with Crippen molar-refractivity contribution in [3.8, 4) is 22.1 Å². The van der Waals surface area contributed by atoms with Crippen LogP contribution in [0.2, 0.25) is 0 Å². The molecule has 4 aromatic rings. The van der Waals surface area contributed by atoms with Crippen molar-refractivity contribution in [1.29, 1.82) is 0 Å². The maximum absolute atomic E-state index is 14.1. The summed E-state index contributed by atoms with van der Waals surface area (Å²) in [6.07, 6.45) is 0.929. The molecule has 0 aliphatic carbocycles. The van der Waals surface area contributed by atoms with Crippen molar-refractivity contribution in [2.45, 2.75) is 26.4 Å². The van der Waals surface area contributed by atoms with Gasteiger partial charge in [-0.2, -0.15) is 0 Å². The molecule has 1 aliphatic rings. The highest BCUT2D eigenvalue weighted by Crippen LogP contribution is 2.35. The van der Waals surface area contributed by atoms with Crippen LogP contribution in [0.5, 0.6) is 11.5 Å². The summed E-state index contributed by atoms with van der Waals surface area (Å²) in [5, 5.41) is 21.4. The van der Waals surface area contributed by atoms with Gasteiger partial charge in [0.2, 0.25) is 5.43 Å². The number of hydrogen-bond donors (Lipinski definition) is 1. The first kappa shape index (κ1) is 26.3. The molecule has 39 heavy (non-hydrogen) atoms. The van der Waals surface area contributed by atoms with Gasteiger partial charge < -0.3 is 14.7 Å². The fourth-order valence-electron chi connectivity index (χ4n) is 4.73. The van der Waals surface area contributed by atoms with Crippen molar-refractivity contribution in [2.75, 3.05) is 25.7 Å². The Balaban J connectivity index is 1.57. The summed E-state index contributed by atoms with van der Waals surface area (Å²) < 4.78 is 34.3. The molecule has 1 amide bonds. The quantitative estimate of drug-likeness (QED) is 0.385. The number of halogens is 2. The van der Waals surface area contributed by atoms with Crippen molar-refractivity contribution in [3.05, 3.63) is 91.8 Å². The molecular formula is C27H25F2N5O4S. The van der Waals surface area contributed by atoms with Gasteiger partial charge >= 0.3 is 0 Å². The fourth-order valence-corrected chi connectivity index (χ4v) is 5.60. The van der Waals surface area contributed by atoms with E-state index in [1.807, 2.05) is 32.0 Å². The molecule has 1 atom stereocenters. The molecule has 0 fully saturated rings. The van der Waals surface area contributed by atoms with E-state index in [2.05, 4.69) is 10.2 Å². The van der Waals surface area contributed by atoms with Crippen LogP contribution < -0.4 is 15.2 Å². The van der Waals surface area contributed by atoms with Gasteiger partial charge in [0.25, 0.3) is 5.91 Å². The van der Waals surface area contributed by atoms with Gasteiger partial charge in [0.15, 0.2) is 16.5 Å². The Hall–Kier alpha value is -4.32. The topological polar surface area (TPSA) is 101 Å². The Bertz CT molecular complexity index is 1650. The molecule has 1 aliphatic heterocycles. The zero-order valence-electron chi connectivity index (χ0n) is 21.6. The van der Waals surface area contributed by atoms with Crippen LogP contribution in [0.15, 0.2) is 47.4 Å². The summed E-state index contributed by atoms with van der Waals surface area (Å²) in [7, 11) is 3.32. The third-order valence-electron chi connectivity index (χ3n) is 6.74. The molecule has 2 aromatic carbocycles. The largest absolute Gasteiger partial charge is 0.502 e. The van der Waals surface area contributed by atoms with E-state index in [1.54, 1.807) is 24.1 Å². The second-order valence-electron chi connectivity index (χ2n) is 9.09. The zero-order chi connectivity index (χ0) is 28.0. The number of amides is 1. The van der Waals surface area contributed by atoms with Crippen LogP contribution in [0.3, 0.4) is 0 Å². The van der Waals surface area contributed by atoms with Gasteiger partial charge in [0, 0.05) is 32.3 Å². The molecule has 0 bridgehead atoms. The third-order valence-corrected chi connectivity index (χ3v) is 7.70. The van der Waals surface area contributed by atoms with Crippen LogP contribution in [0, 0.1) is 18.6 Å². The minimum absolute atomic E-state index is 0.0319. The Morgan fingerprint density at radius 1 is 1.13 bits per heavy atom. The summed E-state index contributed by atoms with van der Waals surface area (Å²) in [5.41, 5.74) is 1.03. The van der Waals surface area contributed by atoms with Gasteiger partial charge in [-0.1, -0.05) is 29.5 Å². The van der Waals surface area contributed by atoms with Gasteiger partial charge in [-0.25, -0.2) is 8.78 Å². The highest BCUT2D eigenvalue weighted by atomic mass is 32.1. The summed E-state index contributed by atoms with van der Waals surface area (Å²) in [4.78, 5) is 28.3. The number of carbonyl (C=O) groups is 1. The van der Waals surface area contributed by atoms with Gasteiger partial charge in [0.1, 0.15) is 28.6 Å². The first-order valence-corrected chi connectivity index (χ1v) is 12.9. The first-order chi connectivity index (χ1) is 18.6. The van der Waals surface area contributed by atoms with E-state index in [1.165, 1.54) is 16.9 Å². The number of carbonyl (C=O) groups excluding carboxylic acids is 1. The van der Waals surface area contributed by atoms with Crippen molar-refractivity contribution in [3.63, 3.8) is 0 Å². The van der Waals surface area contributed by atoms with Crippen molar-refractivity contribution in [1.82, 2.24) is 19.8 Å². The number of rotatable bonds is 6. The molecule has 0 radical (unpaired) electrons. The van der Waals surface area contributed by atoms with E-state index < -0.39 is 34.9 Å². The van der Waals surface area contributed by atoms with E-state index in [4.69, 9.17) is 4.74 Å². The van der Waals surface area contributed by atoms with Crippen LogP contribution in [-0.2, 0) is 6.42 Å². The Labute approximate surface area is 226 Å². The highest BCUT2D eigenvalue weighted by Gasteiger charge is 2.39. The average molecular weight is 554 g/mol. The molecule has 0 spiro atoms. The maximum Gasteiger partial charge on any atom is 0.278 e. The summed E-state index contributed by atoms with van der Waals surface area (Å²) in [6, 6.07) is 8.92. The number of nitrogens with zero attached hydrogens (tertiary/aromatic N) is 5. The summed E-state index contributed by atoms with van der Waals surface area (Å²) >= 11 is 1.04. The Morgan fingerprint density at radius 3 is 2.59 bits per heavy atom. The lowest BCUT2D eigenvalue weighted by Gasteiger charge is -2.44. The maximum atomic E-state index is 14.1. The Morgan fingerprint density at radius 2 is 1.90 bits per heavy atom. The summed E-state index contributed by atoms with van der Waals surface area (Å²) in [5.74, 6) is -1.94. The molecule has 3 heterocycles. The molecule has 202 valence electrons. The number of aromatic hydroxyl groups is 1. The zero-order valence-corrected chi connectivity index (χ0v) is 22.4. The van der Waals surface area contributed by atoms with Crippen LogP contribution >= 0.6 is 11.3 Å². The van der Waals surface area contributed by atoms with Crippen molar-refractivity contribution in [2.24, 2.45) is 0 Å². The van der Waals surface area contributed by atoms with E-state index in [-0.39, 0.29) is 28.2 Å². The fraction of sp³-hybridized carbons (Fsp3) is 0.259. The van der Waals surface area contributed by atoms with E-state index >= 15 is 0 Å². The van der Waals surface area contributed by atoms with Crippen molar-refractivity contribution >= 4 is 17.2 Å². The smallest absolute Gasteiger partial charge is 0.278 e. The molecule has 9 nitrogen and oxygen atoms in total. The van der Waals surface area contributed by atoms with Crippen LogP contribution in [0.25, 0.3) is 10.6 Å². The second-order valence-corrected chi connectivity index (χ2v) is 10.2. The predicted octanol–water partition coefficient (Wildman–Crippen LogP) is 4.00. The molecule has 1 unspecified atom stereocenters. The predicted molar refractivity (Wildman–Crippen MR) is 142 cm³/mol. The Kier molecular flexibility index (Phi) is 6.81. The van der Waals surface area contributed by atoms with E-state index in [0.29, 0.717) is 17.3 Å². The molecular weight excluding hydrogens is 528 g/mol. The number of methoxy groups -OCH3 is 1. The number of fused-ring (bicyclic) bond motifs is 1. The monoisotopic (exact) mass is 553 g/mol. The number of ether oxygens (including phenoxy) is 1. The number of benzene rings is 2. The number of aryl methyl sites for hydroxylation is 1. The lowest BCUT2D eigenvalue weighted by atomic mass is 10.1. The number of hydrogen-bond acceptors (Lipinski definition) is 8. The van der Waals surface area contributed by atoms with Crippen LogP contribution in [0.4, 0.5) is 8.78 Å². The van der Waals surface area contributed by atoms with Crippen LogP contribution in [0.1, 0.15) is 45.3 Å². The van der Waals surface area contributed by atoms with E-state index in [9.17, 15) is 23.5 Å². The third kappa shape index (κ3) is 4.50.